The van der Waals surface area contributed by atoms with E-state index in [0.717, 1.165) is 0 Å². The van der Waals surface area contributed by atoms with E-state index < -0.39 is 17.8 Å². The zero-order chi connectivity index (χ0) is 16.7. The summed E-state index contributed by atoms with van der Waals surface area (Å²) in [5, 5.41) is 11.2. The van der Waals surface area contributed by atoms with Crippen molar-refractivity contribution < 1.29 is 14.6 Å². The van der Waals surface area contributed by atoms with E-state index >= 15 is 0 Å². The summed E-state index contributed by atoms with van der Waals surface area (Å²) in [5.74, 6) is 0. The highest BCUT2D eigenvalue weighted by Crippen LogP contribution is 2.43. The molecule has 22 heavy (non-hydrogen) atoms. The van der Waals surface area contributed by atoms with Crippen LogP contribution in [0.2, 0.25) is 5.02 Å². The molecule has 2 atom stereocenters. The molecule has 1 amide bonds. The van der Waals surface area contributed by atoms with Gasteiger partial charge < -0.3 is 9.84 Å². The molecule has 1 aromatic carbocycles. The van der Waals surface area contributed by atoms with Crippen LogP contribution in [0.1, 0.15) is 52.7 Å². The summed E-state index contributed by atoms with van der Waals surface area (Å²) >= 11 is 5.98. The number of halogens is 1. The quantitative estimate of drug-likeness (QED) is 0.888. The molecule has 0 radical (unpaired) electrons. The number of aliphatic hydroxyl groups excluding tert-OH is 1. The fourth-order valence-corrected chi connectivity index (χ4v) is 3.10. The molecule has 122 valence electrons. The fourth-order valence-electron chi connectivity index (χ4n) is 2.90. The monoisotopic (exact) mass is 325 g/mol. The Morgan fingerprint density at radius 1 is 1.45 bits per heavy atom. The number of ether oxygens (including phenoxy) is 1. The van der Waals surface area contributed by atoms with Crippen molar-refractivity contribution >= 4 is 17.7 Å². The molecule has 2 rings (SSSR count). The van der Waals surface area contributed by atoms with Gasteiger partial charge in [-0.25, -0.2) is 4.79 Å². The van der Waals surface area contributed by atoms with Gasteiger partial charge in [-0.15, -0.1) is 0 Å². The predicted octanol–water partition coefficient (Wildman–Crippen LogP) is 4.16. The minimum atomic E-state index is -0.778. The van der Waals surface area contributed by atoms with Crippen molar-refractivity contribution in [2.24, 2.45) is 0 Å². The number of carbonyl (C=O) groups excluding carboxylic acids is 1. The van der Waals surface area contributed by atoms with Crippen LogP contribution in [0.15, 0.2) is 24.3 Å². The summed E-state index contributed by atoms with van der Waals surface area (Å²) in [5.41, 5.74) is -0.178. The van der Waals surface area contributed by atoms with E-state index in [0.29, 0.717) is 17.0 Å². The van der Waals surface area contributed by atoms with E-state index in [4.69, 9.17) is 16.3 Å². The smallest absolute Gasteiger partial charge is 0.411 e. The van der Waals surface area contributed by atoms with Gasteiger partial charge >= 0.3 is 6.09 Å². The molecule has 0 bridgehead atoms. The number of nitrogens with zero attached hydrogens (tertiary/aromatic N) is 1. The van der Waals surface area contributed by atoms with Gasteiger partial charge in [-0.2, -0.15) is 0 Å². The number of amides is 1. The third-order valence-electron chi connectivity index (χ3n) is 3.84. The molecule has 4 nitrogen and oxygen atoms in total. The van der Waals surface area contributed by atoms with Crippen LogP contribution in [0.4, 0.5) is 4.79 Å². The van der Waals surface area contributed by atoms with Gasteiger partial charge in [-0.3, -0.25) is 4.90 Å². The molecule has 0 aliphatic carbocycles. The number of hydrogen-bond donors (Lipinski definition) is 1. The maximum absolute atomic E-state index is 12.4. The third kappa shape index (κ3) is 3.55. The van der Waals surface area contributed by atoms with Crippen LogP contribution in [0.25, 0.3) is 0 Å². The predicted molar refractivity (Wildman–Crippen MR) is 87.0 cm³/mol. The second-order valence-electron chi connectivity index (χ2n) is 7.43. The Morgan fingerprint density at radius 3 is 2.59 bits per heavy atom. The summed E-state index contributed by atoms with van der Waals surface area (Å²) in [6.07, 6.45) is -0.464. The van der Waals surface area contributed by atoms with E-state index in [2.05, 4.69) is 0 Å². The Morgan fingerprint density at radius 2 is 2.09 bits per heavy atom. The Kier molecular flexibility index (Phi) is 4.46. The molecule has 1 saturated heterocycles. The number of hydrogen-bond acceptors (Lipinski definition) is 3. The van der Waals surface area contributed by atoms with Crippen LogP contribution in [0.3, 0.4) is 0 Å². The zero-order valence-corrected chi connectivity index (χ0v) is 14.5. The van der Waals surface area contributed by atoms with Crippen LogP contribution in [-0.4, -0.2) is 33.3 Å². The lowest BCUT2D eigenvalue weighted by atomic mass is 9.77. The van der Waals surface area contributed by atoms with Crippen molar-refractivity contribution in [3.8, 4) is 0 Å². The number of rotatable bonds is 2. The number of carbonyl (C=O) groups is 1. The molecule has 0 spiro atoms. The first-order valence-electron chi connectivity index (χ1n) is 7.47. The number of benzene rings is 1. The number of aliphatic hydroxyl groups is 1. The van der Waals surface area contributed by atoms with Crippen molar-refractivity contribution in [1.82, 2.24) is 4.90 Å². The zero-order valence-electron chi connectivity index (χ0n) is 13.8. The minimum absolute atomic E-state index is 0.302. The van der Waals surface area contributed by atoms with Gasteiger partial charge in [0, 0.05) is 10.6 Å². The van der Waals surface area contributed by atoms with Gasteiger partial charge in [0.05, 0.1) is 12.1 Å². The molecular weight excluding hydrogens is 302 g/mol. The van der Waals surface area contributed by atoms with E-state index in [9.17, 15) is 9.90 Å². The lowest BCUT2D eigenvalue weighted by molar-refractivity contribution is -0.105. The molecule has 1 aromatic rings. The average molecular weight is 326 g/mol. The van der Waals surface area contributed by atoms with Crippen LogP contribution < -0.4 is 0 Å². The SMILES string of the molecule is CC(C)(C)OC(=O)N1[C@H]([C@@H](O)c2cccc(Cl)c2)CC1(C)C. The van der Waals surface area contributed by atoms with E-state index in [1.165, 1.54) is 0 Å². The second-order valence-corrected chi connectivity index (χ2v) is 7.87. The van der Waals surface area contributed by atoms with Gasteiger partial charge in [0.15, 0.2) is 0 Å². The molecule has 0 unspecified atom stereocenters. The molecule has 1 aliphatic heterocycles. The highest BCUT2D eigenvalue weighted by Gasteiger charge is 2.52. The lowest BCUT2D eigenvalue weighted by Crippen LogP contribution is -2.67. The molecule has 1 N–H and O–H groups in total. The van der Waals surface area contributed by atoms with Crippen molar-refractivity contribution in [1.29, 1.82) is 0 Å². The fraction of sp³-hybridized carbons (Fsp3) is 0.588. The first-order valence-corrected chi connectivity index (χ1v) is 7.85. The molecular formula is C17H24ClNO3. The Hall–Kier alpha value is -1.26. The van der Waals surface area contributed by atoms with Gasteiger partial charge in [0.25, 0.3) is 0 Å². The first-order chi connectivity index (χ1) is 10.0. The van der Waals surface area contributed by atoms with Crippen molar-refractivity contribution in [3.63, 3.8) is 0 Å². The molecule has 1 heterocycles. The van der Waals surface area contributed by atoms with Gasteiger partial charge in [0.2, 0.25) is 0 Å². The van der Waals surface area contributed by atoms with Gasteiger partial charge in [-0.1, -0.05) is 23.7 Å². The molecule has 0 aromatic heterocycles. The Labute approximate surface area is 137 Å². The standard InChI is InChI=1S/C17H24ClNO3/c1-16(2,3)22-15(21)19-13(10-17(19,4)5)14(20)11-7-6-8-12(18)9-11/h6-9,13-14,20H,10H2,1-5H3/t13-,14-/m0/s1. The molecule has 1 aliphatic rings. The van der Waals surface area contributed by atoms with E-state index in [1.807, 2.05) is 40.7 Å². The topological polar surface area (TPSA) is 49.8 Å². The molecule has 0 saturated carbocycles. The van der Waals surface area contributed by atoms with Crippen molar-refractivity contribution in [2.75, 3.05) is 0 Å². The largest absolute Gasteiger partial charge is 0.444 e. The third-order valence-corrected chi connectivity index (χ3v) is 4.07. The maximum Gasteiger partial charge on any atom is 0.411 e. The van der Waals surface area contributed by atoms with Gasteiger partial charge in [0.1, 0.15) is 5.60 Å². The van der Waals surface area contributed by atoms with E-state index in [1.54, 1.807) is 23.1 Å². The van der Waals surface area contributed by atoms with Crippen molar-refractivity contribution in [3.05, 3.63) is 34.9 Å². The summed E-state index contributed by atoms with van der Waals surface area (Å²) in [7, 11) is 0. The highest BCUT2D eigenvalue weighted by atomic mass is 35.5. The molecule has 1 fully saturated rings. The highest BCUT2D eigenvalue weighted by molar-refractivity contribution is 6.30. The summed E-state index contributed by atoms with van der Waals surface area (Å²) in [6.45, 7) is 9.44. The van der Waals surface area contributed by atoms with E-state index in [-0.39, 0.29) is 11.6 Å². The minimum Gasteiger partial charge on any atom is -0.444 e. The second kappa shape index (κ2) is 5.74. The molecule has 5 heteroatoms. The average Bonchev–Trinajstić information content (AvgIpc) is 2.33. The van der Waals surface area contributed by atoms with Crippen LogP contribution in [-0.2, 0) is 4.74 Å². The van der Waals surface area contributed by atoms with Crippen molar-refractivity contribution in [2.45, 2.75) is 64.3 Å². The van der Waals surface area contributed by atoms with Gasteiger partial charge in [-0.05, 0) is 58.7 Å². The van der Waals surface area contributed by atoms with Crippen LogP contribution in [0.5, 0.6) is 0 Å². The lowest BCUT2D eigenvalue weighted by Gasteiger charge is -2.56. The first kappa shape index (κ1) is 17.1. The Balaban J connectivity index is 2.19. The summed E-state index contributed by atoms with van der Waals surface area (Å²) < 4.78 is 5.47. The number of likely N-dealkylation sites (tertiary alicyclic amines) is 1. The van der Waals surface area contributed by atoms with Crippen LogP contribution >= 0.6 is 11.6 Å². The van der Waals surface area contributed by atoms with Crippen LogP contribution in [0, 0.1) is 0 Å². The summed E-state index contributed by atoms with van der Waals surface area (Å²) in [6, 6.07) is 6.79. The maximum atomic E-state index is 12.4. The summed E-state index contributed by atoms with van der Waals surface area (Å²) in [4.78, 5) is 14.1. The normalized spacial score (nSPS) is 22.0. The Bertz CT molecular complexity index is 565.